The molecule has 1 aromatic carbocycles. The summed E-state index contributed by atoms with van der Waals surface area (Å²) in [6.07, 6.45) is 5.54. The number of hydrogen-bond donors (Lipinski definition) is 2. The van der Waals surface area contributed by atoms with Crippen molar-refractivity contribution in [1.82, 2.24) is 5.32 Å². The van der Waals surface area contributed by atoms with E-state index in [9.17, 15) is 4.79 Å². The third kappa shape index (κ3) is 6.04. The van der Waals surface area contributed by atoms with E-state index in [0.29, 0.717) is 24.4 Å². The van der Waals surface area contributed by atoms with Crippen LogP contribution < -0.4 is 15.8 Å². The van der Waals surface area contributed by atoms with E-state index in [0.717, 1.165) is 24.2 Å². The zero-order valence-electron chi connectivity index (χ0n) is 13.7. The minimum absolute atomic E-state index is 0.156. The first-order valence-corrected chi connectivity index (χ1v) is 7.71. The van der Waals surface area contributed by atoms with Crippen LogP contribution in [0.3, 0.4) is 0 Å². The zero-order valence-corrected chi connectivity index (χ0v) is 13.7. The van der Waals surface area contributed by atoms with E-state index in [-0.39, 0.29) is 5.91 Å². The highest BCUT2D eigenvalue weighted by Crippen LogP contribution is 2.12. The van der Waals surface area contributed by atoms with Gasteiger partial charge in [0.1, 0.15) is 5.75 Å². The van der Waals surface area contributed by atoms with Crippen molar-refractivity contribution in [2.75, 3.05) is 6.61 Å². The number of ether oxygens (including phenoxy) is 1. The second-order valence-electron chi connectivity index (χ2n) is 5.08. The summed E-state index contributed by atoms with van der Waals surface area (Å²) in [5.41, 5.74) is 7.82. The molecular weight excluding hydrogens is 276 g/mol. The van der Waals surface area contributed by atoms with E-state index in [1.807, 2.05) is 37.3 Å². The molecule has 0 aliphatic carbocycles. The van der Waals surface area contributed by atoms with Gasteiger partial charge in [-0.05, 0) is 37.5 Å². The number of rotatable bonds is 8. The maximum atomic E-state index is 12.1. The number of nitrogens with two attached hydrogens (primary N) is 1. The molecule has 0 unspecified atom stereocenters. The number of allylic oxidation sites excluding steroid dienone is 2. The molecule has 0 aliphatic heterocycles. The van der Waals surface area contributed by atoms with Gasteiger partial charge in [-0.2, -0.15) is 0 Å². The first-order chi connectivity index (χ1) is 10.6. The molecule has 0 radical (unpaired) electrons. The first kappa shape index (κ1) is 17.8. The molecule has 0 bridgehead atoms. The lowest BCUT2D eigenvalue weighted by Gasteiger charge is -2.09. The van der Waals surface area contributed by atoms with Crippen LogP contribution in [0.5, 0.6) is 5.75 Å². The Morgan fingerprint density at radius 1 is 1.27 bits per heavy atom. The average Bonchev–Trinajstić information content (AvgIpc) is 2.52. The monoisotopic (exact) mass is 302 g/mol. The average molecular weight is 302 g/mol. The zero-order chi connectivity index (χ0) is 16.4. The van der Waals surface area contributed by atoms with Crippen molar-refractivity contribution in [2.24, 2.45) is 5.73 Å². The molecule has 0 saturated carbocycles. The Kier molecular flexibility index (Phi) is 7.83. The fourth-order valence-electron chi connectivity index (χ4n) is 1.82. The lowest BCUT2D eigenvalue weighted by atomic mass is 10.1. The third-order valence-corrected chi connectivity index (χ3v) is 3.04. The Hall–Kier alpha value is -2.23. The molecule has 22 heavy (non-hydrogen) atoms. The Bertz CT molecular complexity index is 527. The van der Waals surface area contributed by atoms with E-state index < -0.39 is 0 Å². The molecule has 0 atom stereocenters. The molecule has 3 N–H and O–H groups in total. The molecule has 0 aliphatic rings. The van der Waals surface area contributed by atoms with Crippen LogP contribution in [0, 0.1) is 0 Å². The Morgan fingerprint density at radius 3 is 2.50 bits per heavy atom. The van der Waals surface area contributed by atoms with Crippen molar-refractivity contribution >= 4 is 5.91 Å². The summed E-state index contributed by atoms with van der Waals surface area (Å²) < 4.78 is 5.53. The van der Waals surface area contributed by atoms with Crippen LogP contribution in [-0.2, 0) is 11.3 Å². The van der Waals surface area contributed by atoms with E-state index in [4.69, 9.17) is 10.5 Å². The first-order valence-electron chi connectivity index (χ1n) is 7.71. The number of nitrogens with one attached hydrogen (secondary N) is 1. The topological polar surface area (TPSA) is 64.3 Å². The number of amides is 1. The van der Waals surface area contributed by atoms with Gasteiger partial charge in [0.15, 0.2) is 0 Å². The molecule has 0 spiro atoms. The normalized spacial score (nSPS) is 12.1. The molecule has 0 heterocycles. The Morgan fingerprint density at radius 2 is 1.95 bits per heavy atom. The summed E-state index contributed by atoms with van der Waals surface area (Å²) in [6, 6.07) is 7.73. The molecule has 1 amide bonds. The molecule has 0 saturated heterocycles. The van der Waals surface area contributed by atoms with E-state index in [2.05, 4.69) is 12.2 Å². The highest BCUT2D eigenvalue weighted by Gasteiger charge is 2.08. The molecule has 0 fully saturated rings. The number of hydrogen-bond acceptors (Lipinski definition) is 3. The predicted molar refractivity (Wildman–Crippen MR) is 90.4 cm³/mol. The predicted octanol–water partition coefficient (Wildman–Crippen LogP) is 3.29. The molecule has 0 aromatic heterocycles. The van der Waals surface area contributed by atoms with Gasteiger partial charge in [0.2, 0.25) is 0 Å². The fourth-order valence-corrected chi connectivity index (χ4v) is 1.82. The van der Waals surface area contributed by atoms with Gasteiger partial charge in [-0.25, -0.2) is 0 Å². The summed E-state index contributed by atoms with van der Waals surface area (Å²) in [5.74, 6) is 0.692. The van der Waals surface area contributed by atoms with Crippen molar-refractivity contribution in [3.63, 3.8) is 0 Å². The van der Waals surface area contributed by atoms with Crippen LogP contribution >= 0.6 is 0 Å². The summed E-state index contributed by atoms with van der Waals surface area (Å²) in [7, 11) is 0. The maximum absolute atomic E-state index is 12.1. The van der Waals surface area contributed by atoms with Crippen molar-refractivity contribution in [2.45, 2.75) is 40.2 Å². The van der Waals surface area contributed by atoms with Gasteiger partial charge in [-0.15, -0.1) is 0 Å². The molecule has 4 nitrogen and oxygen atoms in total. The van der Waals surface area contributed by atoms with Crippen molar-refractivity contribution in [1.29, 1.82) is 0 Å². The van der Waals surface area contributed by atoms with Gasteiger partial charge in [0.05, 0.1) is 12.2 Å². The summed E-state index contributed by atoms with van der Waals surface area (Å²) in [6.45, 7) is 6.99. The number of benzene rings is 1. The summed E-state index contributed by atoms with van der Waals surface area (Å²) in [4.78, 5) is 12.1. The SMILES string of the molecule is CC/C=C\C(C(=O)NCc1ccc(OCCC)cc1)=C(/C)N. The van der Waals surface area contributed by atoms with Gasteiger partial charge < -0.3 is 15.8 Å². The minimum Gasteiger partial charge on any atom is -0.494 e. The highest BCUT2D eigenvalue weighted by molar-refractivity contribution is 5.96. The Labute approximate surface area is 133 Å². The highest BCUT2D eigenvalue weighted by atomic mass is 16.5. The van der Waals surface area contributed by atoms with E-state index in [1.165, 1.54) is 0 Å². The smallest absolute Gasteiger partial charge is 0.253 e. The Balaban J connectivity index is 2.59. The molecule has 1 aromatic rings. The lowest BCUT2D eigenvalue weighted by Crippen LogP contribution is -2.25. The van der Waals surface area contributed by atoms with Crippen LogP contribution in [-0.4, -0.2) is 12.5 Å². The van der Waals surface area contributed by atoms with E-state index in [1.54, 1.807) is 13.0 Å². The van der Waals surface area contributed by atoms with Gasteiger partial charge >= 0.3 is 0 Å². The van der Waals surface area contributed by atoms with Crippen LogP contribution in [0.15, 0.2) is 47.7 Å². The summed E-state index contributed by atoms with van der Waals surface area (Å²) >= 11 is 0. The van der Waals surface area contributed by atoms with Gasteiger partial charge in [-0.3, -0.25) is 4.79 Å². The minimum atomic E-state index is -0.156. The summed E-state index contributed by atoms with van der Waals surface area (Å²) in [5, 5.41) is 2.88. The van der Waals surface area contributed by atoms with Crippen LogP contribution in [0.1, 0.15) is 39.2 Å². The lowest BCUT2D eigenvalue weighted by molar-refractivity contribution is -0.117. The van der Waals surface area contributed by atoms with Crippen molar-refractivity contribution in [3.05, 3.63) is 53.3 Å². The van der Waals surface area contributed by atoms with Crippen LogP contribution in [0.25, 0.3) is 0 Å². The molecular formula is C18H26N2O2. The second-order valence-corrected chi connectivity index (χ2v) is 5.08. The molecule has 4 heteroatoms. The van der Waals surface area contributed by atoms with Gasteiger partial charge in [0.25, 0.3) is 5.91 Å². The van der Waals surface area contributed by atoms with Gasteiger partial charge in [-0.1, -0.05) is 38.1 Å². The van der Waals surface area contributed by atoms with Crippen LogP contribution in [0.4, 0.5) is 0 Å². The maximum Gasteiger partial charge on any atom is 0.253 e. The largest absolute Gasteiger partial charge is 0.494 e. The molecule has 1 rings (SSSR count). The fraction of sp³-hybridized carbons (Fsp3) is 0.389. The van der Waals surface area contributed by atoms with E-state index >= 15 is 0 Å². The second kappa shape index (κ2) is 9.66. The number of carbonyl (C=O) groups is 1. The van der Waals surface area contributed by atoms with Gasteiger partial charge in [0, 0.05) is 12.2 Å². The van der Waals surface area contributed by atoms with Crippen molar-refractivity contribution < 1.29 is 9.53 Å². The van der Waals surface area contributed by atoms with Crippen LogP contribution in [0.2, 0.25) is 0 Å². The van der Waals surface area contributed by atoms with Crippen molar-refractivity contribution in [3.8, 4) is 5.75 Å². The standard InChI is InChI=1S/C18H26N2O2/c1-4-6-7-17(14(3)19)18(21)20-13-15-8-10-16(11-9-15)22-12-5-2/h6-11H,4-5,12-13,19H2,1-3H3,(H,20,21)/b7-6-,17-14-. The quantitative estimate of drug-likeness (QED) is 0.572. The molecule has 120 valence electrons. The third-order valence-electron chi connectivity index (χ3n) is 3.04. The number of carbonyl (C=O) groups excluding carboxylic acids is 1.